The number of carbonyl (C=O) groups is 1. The van der Waals surface area contributed by atoms with E-state index < -0.39 is 16.1 Å². The van der Waals surface area contributed by atoms with Crippen LogP contribution in [0.1, 0.15) is 24.1 Å². The van der Waals surface area contributed by atoms with Crippen molar-refractivity contribution in [2.24, 2.45) is 0 Å². The van der Waals surface area contributed by atoms with Gasteiger partial charge in [-0.05, 0) is 36.8 Å². The van der Waals surface area contributed by atoms with Gasteiger partial charge in [-0.25, -0.2) is 13.1 Å². The molecule has 3 aromatic rings. The fraction of sp³-hybridized carbons (Fsp3) is 0.300. The summed E-state index contributed by atoms with van der Waals surface area (Å²) in [7, 11) is -3.67. The summed E-state index contributed by atoms with van der Waals surface area (Å²) in [4.78, 5) is 13.0. The summed E-state index contributed by atoms with van der Waals surface area (Å²) >= 11 is 1.17. The van der Waals surface area contributed by atoms with Crippen LogP contribution in [0.5, 0.6) is 0 Å². The van der Waals surface area contributed by atoms with Crippen LogP contribution in [0.2, 0.25) is 0 Å². The van der Waals surface area contributed by atoms with Crippen molar-refractivity contribution in [3.63, 3.8) is 0 Å². The van der Waals surface area contributed by atoms with Crippen molar-refractivity contribution >= 4 is 33.1 Å². The summed E-state index contributed by atoms with van der Waals surface area (Å²) in [6.45, 7) is 2.73. The SMILES string of the molecule is Cc1cc(NC(=O)C2CCCN2S(=O)(=O)c2cccs2)n(Cc2ccccc2)n1. The average molecular weight is 431 g/mol. The second-order valence-electron chi connectivity index (χ2n) is 7.01. The molecule has 1 aliphatic heterocycles. The van der Waals surface area contributed by atoms with Crippen LogP contribution < -0.4 is 5.32 Å². The normalized spacial score (nSPS) is 17.5. The predicted octanol–water partition coefficient (Wildman–Crippen LogP) is 3.09. The zero-order valence-corrected chi connectivity index (χ0v) is 17.6. The van der Waals surface area contributed by atoms with E-state index in [1.807, 2.05) is 37.3 Å². The van der Waals surface area contributed by atoms with Gasteiger partial charge in [0.25, 0.3) is 10.0 Å². The topological polar surface area (TPSA) is 84.3 Å². The van der Waals surface area contributed by atoms with E-state index in [1.165, 1.54) is 15.6 Å². The highest BCUT2D eigenvalue weighted by Gasteiger charge is 2.40. The van der Waals surface area contributed by atoms with Gasteiger partial charge in [0.15, 0.2) is 0 Å². The van der Waals surface area contributed by atoms with Crippen LogP contribution in [0.15, 0.2) is 58.1 Å². The van der Waals surface area contributed by atoms with Crippen LogP contribution in [0.3, 0.4) is 0 Å². The highest BCUT2D eigenvalue weighted by molar-refractivity contribution is 7.91. The van der Waals surface area contributed by atoms with Gasteiger partial charge >= 0.3 is 0 Å². The minimum absolute atomic E-state index is 0.266. The van der Waals surface area contributed by atoms with Crippen molar-refractivity contribution in [2.45, 2.75) is 36.6 Å². The molecular weight excluding hydrogens is 408 g/mol. The Morgan fingerprint density at radius 2 is 2.03 bits per heavy atom. The lowest BCUT2D eigenvalue weighted by atomic mass is 10.2. The van der Waals surface area contributed by atoms with Crippen LogP contribution in [0.4, 0.5) is 5.82 Å². The molecule has 2 aromatic heterocycles. The van der Waals surface area contributed by atoms with Gasteiger partial charge in [0.1, 0.15) is 16.1 Å². The zero-order valence-electron chi connectivity index (χ0n) is 16.0. The van der Waals surface area contributed by atoms with Crippen LogP contribution in [-0.2, 0) is 21.4 Å². The third kappa shape index (κ3) is 4.12. The third-order valence-electron chi connectivity index (χ3n) is 4.89. The third-order valence-corrected chi connectivity index (χ3v) is 8.17. The Kier molecular flexibility index (Phi) is 5.53. The maximum absolute atomic E-state index is 13.0. The van der Waals surface area contributed by atoms with Gasteiger partial charge in [0.05, 0.1) is 12.2 Å². The lowest BCUT2D eigenvalue weighted by molar-refractivity contribution is -0.119. The van der Waals surface area contributed by atoms with Gasteiger partial charge in [-0.15, -0.1) is 11.3 Å². The number of hydrogen-bond donors (Lipinski definition) is 1. The molecule has 0 saturated carbocycles. The molecule has 1 aliphatic rings. The molecule has 9 heteroatoms. The van der Waals surface area contributed by atoms with Gasteiger partial charge in [-0.1, -0.05) is 36.4 Å². The molecule has 1 saturated heterocycles. The number of nitrogens with one attached hydrogen (secondary N) is 1. The molecule has 3 heterocycles. The minimum atomic E-state index is -3.67. The second-order valence-corrected chi connectivity index (χ2v) is 10.1. The van der Waals surface area contributed by atoms with Crippen molar-refractivity contribution in [2.75, 3.05) is 11.9 Å². The zero-order chi connectivity index (χ0) is 20.4. The molecule has 1 atom stereocenters. The van der Waals surface area contributed by atoms with E-state index in [1.54, 1.807) is 28.3 Å². The van der Waals surface area contributed by atoms with Crippen molar-refractivity contribution in [1.29, 1.82) is 0 Å². The van der Waals surface area contributed by atoms with Gasteiger partial charge < -0.3 is 5.32 Å². The van der Waals surface area contributed by atoms with Gasteiger partial charge in [0, 0.05) is 12.6 Å². The standard InChI is InChI=1S/C20H22N4O3S2/c1-15-13-18(23(22-15)14-16-7-3-2-4-8-16)21-20(25)17-9-5-11-24(17)29(26,27)19-10-6-12-28-19/h2-4,6-8,10,12-13,17H,5,9,11,14H2,1H3,(H,21,25). The number of sulfonamides is 1. The number of aryl methyl sites for hydroxylation is 1. The monoisotopic (exact) mass is 430 g/mol. The molecule has 0 radical (unpaired) electrons. The van der Waals surface area contributed by atoms with Crippen LogP contribution in [0.25, 0.3) is 0 Å². The van der Waals surface area contributed by atoms with E-state index in [2.05, 4.69) is 10.4 Å². The molecule has 1 N–H and O–H groups in total. The number of thiophene rings is 1. The largest absolute Gasteiger partial charge is 0.309 e. The summed E-state index contributed by atoms with van der Waals surface area (Å²) in [5.41, 5.74) is 1.85. The Bertz CT molecular complexity index is 1090. The molecule has 152 valence electrons. The summed E-state index contributed by atoms with van der Waals surface area (Å²) in [6.07, 6.45) is 1.16. The summed E-state index contributed by atoms with van der Waals surface area (Å²) in [6, 6.07) is 14.2. The highest BCUT2D eigenvalue weighted by Crippen LogP contribution is 2.29. The first-order chi connectivity index (χ1) is 13.9. The van der Waals surface area contributed by atoms with E-state index in [-0.39, 0.29) is 10.1 Å². The number of benzene rings is 1. The minimum Gasteiger partial charge on any atom is -0.309 e. The predicted molar refractivity (Wildman–Crippen MR) is 112 cm³/mol. The summed E-state index contributed by atoms with van der Waals surface area (Å²) in [5.74, 6) is 0.244. The highest BCUT2D eigenvalue weighted by atomic mass is 32.2. The summed E-state index contributed by atoms with van der Waals surface area (Å²) < 4.78 is 29.1. The number of aromatic nitrogens is 2. The molecule has 1 unspecified atom stereocenters. The van der Waals surface area contributed by atoms with E-state index in [0.29, 0.717) is 31.7 Å². The first-order valence-electron chi connectivity index (χ1n) is 9.40. The van der Waals surface area contributed by atoms with Gasteiger partial charge in [-0.2, -0.15) is 9.40 Å². The quantitative estimate of drug-likeness (QED) is 0.651. The van der Waals surface area contributed by atoms with Crippen molar-refractivity contribution < 1.29 is 13.2 Å². The van der Waals surface area contributed by atoms with Gasteiger partial charge in [0.2, 0.25) is 5.91 Å². The molecular formula is C20H22N4O3S2. The number of amides is 1. The van der Waals surface area contributed by atoms with Crippen LogP contribution in [0, 0.1) is 6.92 Å². The smallest absolute Gasteiger partial charge is 0.253 e. The van der Waals surface area contributed by atoms with Crippen LogP contribution >= 0.6 is 11.3 Å². The first kappa shape index (κ1) is 19.8. The number of carbonyl (C=O) groups excluding carboxylic acids is 1. The molecule has 1 fully saturated rings. The lowest BCUT2D eigenvalue weighted by Gasteiger charge is -2.22. The Morgan fingerprint density at radius 3 is 2.76 bits per heavy atom. The maximum atomic E-state index is 13.0. The Hall–Kier alpha value is -2.49. The molecule has 0 bridgehead atoms. The van der Waals surface area contributed by atoms with Gasteiger partial charge in [-0.3, -0.25) is 4.79 Å². The van der Waals surface area contributed by atoms with E-state index in [4.69, 9.17) is 0 Å². The first-order valence-corrected chi connectivity index (χ1v) is 11.7. The number of anilines is 1. The van der Waals surface area contributed by atoms with E-state index in [0.717, 1.165) is 11.3 Å². The molecule has 1 aromatic carbocycles. The molecule has 4 rings (SSSR count). The molecule has 0 spiro atoms. The molecule has 29 heavy (non-hydrogen) atoms. The van der Waals surface area contributed by atoms with E-state index in [9.17, 15) is 13.2 Å². The Balaban J connectivity index is 1.54. The molecule has 0 aliphatic carbocycles. The Morgan fingerprint density at radius 1 is 1.24 bits per heavy atom. The Labute approximate surface area is 174 Å². The molecule has 1 amide bonds. The fourth-order valence-corrected chi connectivity index (χ4v) is 6.32. The number of nitrogens with zero attached hydrogens (tertiary/aromatic N) is 3. The number of hydrogen-bond acceptors (Lipinski definition) is 5. The maximum Gasteiger partial charge on any atom is 0.253 e. The van der Waals surface area contributed by atoms with Crippen LogP contribution in [-0.4, -0.2) is 41.0 Å². The fourth-order valence-electron chi connectivity index (χ4n) is 3.55. The molecule has 7 nitrogen and oxygen atoms in total. The van der Waals surface area contributed by atoms with Crippen molar-refractivity contribution in [1.82, 2.24) is 14.1 Å². The number of rotatable bonds is 6. The average Bonchev–Trinajstić information content (AvgIpc) is 3.44. The van der Waals surface area contributed by atoms with Crippen molar-refractivity contribution in [3.8, 4) is 0 Å². The van der Waals surface area contributed by atoms with Crippen molar-refractivity contribution in [3.05, 3.63) is 65.2 Å². The van der Waals surface area contributed by atoms with E-state index >= 15 is 0 Å². The summed E-state index contributed by atoms with van der Waals surface area (Å²) in [5, 5.41) is 9.09. The second kappa shape index (κ2) is 8.10. The lowest BCUT2D eigenvalue weighted by Crippen LogP contribution is -2.43.